The summed E-state index contributed by atoms with van der Waals surface area (Å²) >= 11 is 6.19. The molecule has 0 saturated carbocycles. The van der Waals surface area contributed by atoms with Crippen molar-refractivity contribution in [1.82, 2.24) is 9.21 Å². The van der Waals surface area contributed by atoms with Gasteiger partial charge in [0.05, 0.1) is 23.1 Å². The summed E-state index contributed by atoms with van der Waals surface area (Å²) in [6.07, 6.45) is 0. The topological polar surface area (TPSA) is 70.2 Å². The van der Waals surface area contributed by atoms with Crippen molar-refractivity contribution in [2.75, 3.05) is 50.8 Å². The van der Waals surface area contributed by atoms with Gasteiger partial charge in [0.25, 0.3) is 0 Å². The molecule has 1 aliphatic heterocycles. The molecule has 1 heterocycles. The molecule has 0 N–H and O–H groups in total. The molecule has 2 aromatic rings. The molecule has 0 aromatic heterocycles. The number of carbonyl (C=O) groups excluding carboxylic acids is 1. The zero-order valence-corrected chi connectivity index (χ0v) is 21.2. The molecule has 1 fully saturated rings. The molecule has 0 unspecified atom stereocenters. The average Bonchev–Trinajstić information content (AvgIpc) is 2.80. The Morgan fingerprint density at radius 3 is 2.39 bits per heavy atom. The minimum Gasteiger partial charge on any atom is -0.492 e. The van der Waals surface area contributed by atoms with Crippen LogP contribution < -0.4 is 9.64 Å². The van der Waals surface area contributed by atoms with Gasteiger partial charge >= 0.3 is 0 Å². The predicted octanol–water partition coefficient (Wildman–Crippen LogP) is 3.71. The fourth-order valence-corrected chi connectivity index (χ4v) is 5.68. The molecular formula is C24H32ClN3O4S. The van der Waals surface area contributed by atoms with Crippen molar-refractivity contribution < 1.29 is 17.9 Å². The highest BCUT2D eigenvalue weighted by Crippen LogP contribution is 2.29. The predicted molar refractivity (Wildman–Crippen MR) is 132 cm³/mol. The summed E-state index contributed by atoms with van der Waals surface area (Å²) in [4.78, 5) is 17.0. The van der Waals surface area contributed by atoms with Gasteiger partial charge in [0.2, 0.25) is 15.9 Å². The van der Waals surface area contributed by atoms with Gasteiger partial charge in [0.15, 0.2) is 0 Å². The minimum atomic E-state index is -3.87. The number of halogens is 1. The van der Waals surface area contributed by atoms with Crippen molar-refractivity contribution in [3.63, 3.8) is 0 Å². The van der Waals surface area contributed by atoms with Crippen LogP contribution in [0.25, 0.3) is 0 Å². The standard InChI is InChI=1S/C24H32ClN3O4S/c1-5-28(33(30,31)20-10-11-23(32-6-2)21(25)16-20)17-24(29)27-14-12-26(13-15-27)22-9-7-8-18(3)19(22)4/h7-11,16H,5-6,12-15,17H2,1-4H3. The molecule has 0 bridgehead atoms. The van der Waals surface area contributed by atoms with Gasteiger partial charge < -0.3 is 14.5 Å². The average molecular weight is 494 g/mol. The minimum absolute atomic E-state index is 0.0466. The lowest BCUT2D eigenvalue weighted by Crippen LogP contribution is -2.52. The number of hydrogen-bond acceptors (Lipinski definition) is 5. The van der Waals surface area contributed by atoms with Crippen LogP contribution in [0, 0.1) is 13.8 Å². The molecule has 0 radical (unpaired) electrons. The number of anilines is 1. The molecule has 1 aliphatic rings. The van der Waals surface area contributed by atoms with Crippen LogP contribution in [0.15, 0.2) is 41.3 Å². The van der Waals surface area contributed by atoms with E-state index in [0.717, 1.165) is 0 Å². The van der Waals surface area contributed by atoms with Gasteiger partial charge in [0.1, 0.15) is 5.75 Å². The number of likely N-dealkylation sites (N-methyl/N-ethyl adjacent to an activating group) is 1. The third-order valence-corrected chi connectivity index (χ3v) is 8.27. The maximum Gasteiger partial charge on any atom is 0.243 e. The molecule has 3 rings (SSSR count). The van der Waals surface area contributed by atoms with Crippen LogP contribution in [0.4, 0.5) is 5.69 Å². The fourth-order valence-electron chi connectivity index (χ4n) is 3.96. The second-order valence-corrected chi connectivity index (χ2v) is 10.4. The number of piperazine rings is 1. The lowest BCUT2D eigenvalue weighted by atomic mass is 10.1. The molecule has 180 valence electrons. The number of carbonyl (C=O) groups is 1. The molecule has 1 saturated heterocycles. The van der Waals surface area contributed by atoms with E-state index in [-0.39, 0.29) is 28.9 Å². The zero-order chi connectivity index (χ0) is 24.2. The molecule has 9 heteroatoms. The summed E-state index contributed by atoms with van der Waals surface area (Å²) < 4.78 is 32.9. The van der Waals surface area contributed by atoms with Gasteiger partial charge in [-0.1, -0.05) is 30.7 Å². The highest BCUT2D eigenvalue weighted by molar-refractivity contribution is 7.89. The van der Waals surface area contributed by atoms with Crippen LogP contribution in [-0.4, -0.2) is 69.4 Å². The Bertz CT molecular complexity index is 1100. The fraction of sp³-hybridized carbons (Fsp3) is 0.458. The van der Waals surface area contributed by atoms with Gasteiger partial charge in [-0.2, -0.15) is 4.31 Å². The van der Waals surface area contributed by atoms with Crippen LogP contribution in [0.1, 0.15) is 25.0 Å². The van der Waals surface area contributed by atoms with E-state index in [2.05, 4.69) is 30.9 Å². The second-order valence-electron chi connectivity index (χ2n) is 8.04. The first-order chi connectivity index (χ1) is 15.7. The summed E-state index contributed by atoms with van der Waals surface area (Å²) in [6, 6.07) is 10.6. The van der Waals surface area contributed by atoms with E-state index in [9.17, 15) is 13.2 Å². The number of rotatable bonds is 8. The summed E-state index contributed by atoms with van der Waals surface area (Å²) in [7, 11) is -3.87. The van der Waals surface area contributed by atoms with Crippen molar-refractivity contribution in [2.45, 2.75) is 32.6 Å². The summed E-state index contributed by atoms with van der Waals surface area (Å²) in [5.41, 5.74) is 3.67. The van der Waals surface area contributed by atoms with Crippen molar-refractivity contribution >= 4 is 33.2 Å². The number of amides is 1. The summed E-state index contributed by atoms with van der Waals surface area (Å²) in [5, 5.41) is 0.225. The number of hydrogen-bond donors (Lipinski definition) is 0. The Hall–Kier alpha value is -2.29. The lowest BCUT2D eigenvalue weighted by molar-refractivity contribution is -0.131. The summed E-state index contributed by atoms with van der Waals surface area (Å²) in [6.45, 7) is 10.7. The molecule has 1 amide bonds. The maximum absolute atomic E-state index is 13.2. The Kier molecular flexibility index (Phi) is 8.26. The van der Waals surface area contributed by atoms with E-state index in [1.54, 1.807) is 17.9 Å². The molecule has 0 spiro atoms. The SMILES string of the molecule is CCOc1ccc(S(=O)(=O)N(CC)CC(=O)N2CCN(c3cccc(C)c3C)CC2)cc1Cl. The first kappa shape index (κ1) is 25.3. The highest BCUT2D eigenvalue weighted by Gasteiger charge is 2.29. The van der Waals surface area contributed by atoms with E-state index in [1.807, 2.05) is 13.0 Å². The van der Waals surface area contributed by atoms with Gasteiger partial charge in [-0.25, -0.2) is 8.42 Å². The molecule has 0 atom stereocenters. The first-order valence-electron chi connectivity index (χ1n) is 11.2. The number of sulfonamides is 1. The van der Waals surface area contributed by atoms with E-state index in [4.69, 9.17) is 16.3 Å². The van der Waals surface area contributed by atoms with Crippen LogP contribution in [0.2, 0.25) is 5.02 Å². The van der Waals surface area contributed by atoms with Crippen LogP contribution in [0.3, 0.4) is 0 Å². The van der Waals surface area contributed by atoms with Crippen LogP contribution >= 0.6 is 11.6 Å². The second kappa shape index (κ2) is 10.8. The van der Waals surface area contributed by atoms with Crippen LogP contribution in [0.5, 0.6) is 5.75 Å². The van der Waals surface area contributed by atoms with E-state index in [0.29, 0.717) is 38.5 Å². The van der Waals surface area contributed by atoms with Crippen molar-refractivity contribution in [1.29, 1.82) is 0 Å². The van der Waals surface area contributed by atoms with Crippen molar-refractivity contribution in [3.05, 3.63) is 52.5 Å². The smallest absolute Gasteiger partial charge is 0.243 e. The normalized spacial score (nSPS) is 14.6. The molecule has 33 heavy (non-hydrogen) atoms. The number of nitrogens with zero attached hydrogens (tertiary/aromatic N) is 3. The van der Waals surface area contributed by atoms with Gasteiger partial charge in [-0.15, -0.1) is 0 Å². The first-order valence-corrected chi connectivity index (χ1v) is 13.0. The lowest BCUT2D eigenvalue weighted by Gasteiger charge is -2.37. The van der Waals surface area contributed by atoms with E-state index >= 15 is 0 Å². The van der Waals surface area contributed by atoms with Crippen LogP contribution in [-0.2, 0) is 14.8 Å². The molecular weight excluding hydrogens is 462 g/mol. The number of benzene rings is 2. The van der Waals surface area contributed by atoms with Gasteiger partial charge in [0, 0.05) is 38.4 Å². The van der Waals surface area contributed by atoms with Gasteiger partial charge in [-0.3, -0.25) is 4.79 Å². The highest BCUT2D eigenvalue weighted by atomic mass is 35.5. The Morgan fingerprint density at radius 1 is 1.09 bits per heavy atom. The third-order valence-electron chi connectivity index (χ3n) is 6.05. The van der Waals surface area contributed by atoms with Crippen molar-refractivity contribution in [3.8, 4) is 5.75 Å². The summed E-state index contributed by atoms with van der Waals surface area (Å²) in [5.74, 6) is 0.233. The van der Waals surface area contributed by atoms with E-state index in [1.165, 1.54) is 33.3 Å². The quantitative estimate of drug-likeness (QED) is 0.560. The molecule has 7 nitrogen and oxygen atoms in total. The number of aryl methyl sites for hydroxylation is 1. The molecule has 2 aromatic carbocycles. The Balaban J connectivity index is 1.66. The largest absolute Gasteiger partial charge is 0.492 e. The maximum atomic E-state index is 13.2. The van der Waals surface area contributed by atoms with E-state index < -0.39 is 10.0 Å². The Morgan fingerprint density at radius 2 is 1.79 bits per heavy atom. The number of ether oxygens (including phenoxy) is 1. The third kappa shape index (κ3) is 5.62. The van der Waals surface area contributed by atoms with Gasteiger partial charge in [-0.05, 0) is 56.2 Å². The monoisotopic (exact) mass is 493 g/mol. The zero-order valence-electron chi connectivity index (χ0n) is 19.7. The van der Waals surface area contributed by atoms with Crippen molar-refractivity contribution in [2.24, 2.45) is 0 Å². The molecule has 0 aliphatic carbocycles. The Labute approximate surface area is 201 Å².